The van der Waals surface area contributed by atoms with Crippen molar-refractivity contribution in [3.8, 4) is 51.8 Å². The van der Waals surface area contributed by atoms with Gasteiger partial charge in [0.05, 0.1) is 62.7 Å². The van der Waals surface area contributed by atoms with Gasteiger partial charge in [0.1, 0.15) is 0 Å². The van der Waals surface area contributed by atoms with Crippen molar-refractivity contribution >= 4 is 43.6 Å². The summed E-state index contributed by atoms with van der Waals surface area (Å²) in [7, 11) is 0. The zero-order valence-corrected chi connectivity index (χ0v) is 26.7. The average molecular weight is 636 g/mol. The molecule has 0 aliphatic rings. The van der Waals surface area contributed by atoms with Gasteiger partial charge in [0.2, 0.25) is 0 Å². The van der Waals surface area contributed by atoms with Crippen molar-refractivity contribution in [2.24, 2.45) is 0 Å². The molecule has 0 fully saturated rings. The molecule has 9 rings (SSSR count). The number of aromatic nitrogens is 2. The zero-order valence-electron chi connectivity index (χ0n) is 26.7. The molecule has 0 aliphatic carbocycles. The lowest BCUT2D eigenvalue weighted by Crippen LogP contribution is -2.01. The maximum Gasteiger partial charge on any atom is 0.0998 e. The highest BCUT2D eigenvalue weighted by atomic mass is 15.0. The van der Waals surface area contributed by atoms with Gasteiger partial charge in [-0.05, 0) is 89.5 Å². The molecule has 0 radical (unpaired) electrons. The number of rotatable bonds is 4. The summed E-state index contributed by atoms with van der Waals surface area (Å²) in [4.78, 5) is 0. The maximum atomic E-state index is 10.5. The quantitative estimate of drug-likeness (QED) is 0.193. The summed E-state index contributed by atoms with van der Waals surface area (Å²) in [5, 5.41) is 34.5. The Hall–Kier alpha value is -7.39. The van der Waals surface area contributed by atoms with E-state index in [-0.39, 0.29) is 0 Å². The number of nitrogens with zero attached hydrogens (tertiary/aromatic N) is 5. The molecule has 0 aliphatic heterocycles. The Morgan fingerprint density at radius 2 is 0.960 bits per heavy atom. The van der Waals surface area contributed by atoms with Gasteiger partial charge in [-0.2, -0.15) is 15.8 Å². The van der Waals surface area contributed by atoms with Gasteiger partial charge in [0.15, 0.2) is 0 Å². The second-order valence-corrected chi connectivity index (χ2v) is 12.3. The smallest absolute Gasteiger partial charge is 0.0998 e. The largest absolute Gasteiger partial charge is 0.309 e. The third-order valence-electron chi connectivity index (χ3n) is 9.64. The molecule has 5 heteroatoms. The predicted octanol–water partition coefficient (Wildman–Crippen LogP) is 10.8. The number of para-hydroxylation sites is 3. The van der Waals surface area contributed by atoms with Crippen molar-refractivity contribution in [2.45, 2.75) is 0 Å². The van der Waals surface area contributed by atoms with Crippen LogP contribution in [-0.2, 0) is 0 Å². The summed E-state index contributed by atoms with van der Waals surface area (Å²) < 4.78 is 4.45. The van der Waals surface area contributed by atoms with Crippen LogP contribution in [0.4, 0.5) is 0 Å². The van der Waals surface area contributed by atoms with Crippen LogP contribution in [0, 0.1) is 34.0 Å². The summed E-state index contributed by atoms with van der Waals surface area (Å²) in [5.74, 6) is 0. The lowest BCUT2D eigenvalue weighted by molar-refractivity contribution is 1.18. The van der Waals surface area contributed by atoms with E-state index in [0.717, 1.165) is 77.2 Å². The van der Waals surface area contributed by atoms with Crippen molar-refractivity contribution in [3.63, 3.8) is 0 Å². The average Bonchev–Trinajstić information content (AvgIpc) is 3.70. The van der Waals surface area contributed by atoms with Crippen LogP contribution < -0.4 is 0 Å². The SMILES string of the molecule is N#Cc1ccc(-c2ccc(-n3c4ccccc4c4cc(C#N)ccc43)cc2)c(-c2c(C#N)cccc2-n2c3ccccc3c3ccccc32)c1. The minimum atomic E-state index is 0.517. The molecule has 230 valence electrons. The highest BCUT2D eigenvalue weighted by Crippen LogP contribution is 2.42. The van der Waals surface area contributed by atoms with Gasteiger partial charge in [-0.25, -0.2) is 0 Å². The predicted molar refractivity (Wildman–Crippen MR) is 200 cm³/mol. The van der Waals surface area contributed by atoms with Gasteiger partial charge in [0, 0.05) is 32.8 Å². The van der Waals surface area contributed by atoms with Crippen LogP contribution in [0.25, 0.3) is 77.2 Å². The standard InChI is InChI=1S/C45H25N5/c46-26-29-16-22-34(31-18-20-33(21-19-31)49-40-12-4-3-11-37(40)38-24-30(27-47)17-23-43(38)49)39(25-29)45-32(28-48)8-7-15-44(45)50-41-13-5-1-9-35(41)36-10-2-6-14-42(36)50/h1-25H. The van der Waals surface area contributed by atoms with Crippen LogP contribution in [-0.4, -0.2) is 9.13 Å². The fraction of sp³-hybridized carbons (Fsp3) is 0. The second kappa shape index (κ2) is 11.4. The first-order valence-electron chi connectivity index (χ1n) is 16.3. The Labute approximate surface area is 287 Å². The molecule has 7 aromatic carbocycles. The van der Waals surface area contributed by atoms with Crippen LogP contribution in [0.1, 0.15) is 16.7 Å². The maximum absolute atomic E-state index is 10.5. The van der Waals surface area contributed by atoms with E-state index in [4.69, 9.17) is 0 Å². The van der Waals surface area contributed by atoms with Crippen molar-refractivity contribution < 1.29 is 0 Å². The second-order valence-electron chi connectivity index (χ2n) is 12.3. The summed E-state index contributed by atoms with van der Waals surface area (Å²) in [5.41, 5.74) is 11.2. The normalized spacial score (nSPS) is 11.1. The first-order chi connectivity index (χ1) is 24.7. The minimum absolute atomic E-state index is 0.517. The van der Waals surface area contributed by atoms with Crippen LogP contribution in [0.5, 0.6) is 0 Å². The van der Waals surface area contributed by atoms with E-state index in [1.807, 2.05) is 84.9 Å². The number of benzene rings is 7. The first-order valence-corrected chi connectivity index (χ1v) is 16.3. The molecule has 50 heavy (non-hydrogen) atoms. The Balaban J connectivity index is 1.26. The van der Waals surface area contributed by atoms with E-state index in [1.54, 1.807) is 0 Å². The molecule has 2 heterocycles. The van der Waals surface area contributed by atoms with Crippen LogP contribution in [0.3, 0.4) is 0 Å². The van der Waals surface area contributed by atoms with Crippen molar-refractivity contribution in [3.05, 3.63) is 168 Å². The molecule has 0 saturated carbocycles. The van der Waals surface area contributed by atoms with Crippen molar-refractivity contribution in [2.75, 3.05) is 0 Å². The molecule has 0 unspecified atom stereocenters. The number of fused-ring (bicyclic) bond motifs is 6. The molecule has 5 nitrogen and oxygen atoms in total. The molecule has 9 aromatic rings. The minimum Gasteiger partial charge on any atom is -0.309 e. The van der Waals surface area contributed by atoms with E-state index in [9.17, 15) is 15.8 Å². The molecular formula is C45H25N5. The number of hydrogen-bond donors (Lipinski definition) is 0. The van der Waals surface area contributed by atoms with Crippen LogP contribution in [0.15, 0.2) is 152 Å². The Morgan fingerprint density at radius 3 is 1.60 bits per heavy atom. The fourth-order valence-corrected chi connectivity index (χ4v) is 7.47. The highest BCUT2D eigenvalue weighted by molar-refractivity contribution is 6.11. The molecule has 0 saturated heterocycles. The monoisotopic (exact) mass is 635 g/mol. The molecule has 0 amide bonds. The van der Waals surface area contributed by atoms with Gasteiger partial charge >= 0.3 is 0 Å². The van der Waals surface area contributed by atoms with Gasteiger partial charge in [-0.3, -0.25) is 0 Å². The Bertz CT molecular complexity index is 2900. The van der Waals surface area contributed by atoms with E-state index in [0.29, 0.717) is 16.7 Å². The highest BCUT2D eigenvalue weighted by Gasteiger charge is 2.21. The van der Waals surface area contributed by atoms with E-state index in [2.05, 4.69) is 94.1 Å². The summed E-state index contributed by atoms with van der Waals surface area (Å²) in [6.07, 6.45) is 0. The summed E-state index contributed by atoms with van der Waals surface area (Å²) >= 11 is 0. The summed E-state index contributed by atoms with van der Waals surface area (Å²) in [6, 6.07) is 57.7. The zero-order chi connectivity index (χ0) is 33.8. The fourth-order valence-electron chi connectivity index (χ4n) is 7.47. The van der Waals surface area contributed by atoms with E-state index >= 15 is 0 Å². The number of nitriles is 3. The van der Waals surface area contributed by atoms with Crippen molar-refractivity contribution in [1.82, 2.24) is 9.13 Å². The molecule has 2 aromatic heterocycles. The van der Waals surface area contributed by atoms with Crippen molar-refractivity contribution in [1.29, 1.82) is 15.8 Å². The molecule has 0 atom stereocenters. The van der Waals surface area contributed by atoms with Crippen LogP contribution >= 0.6 is 0 Å². The Morgan fingerprint density at radius 1 is 0.400 bits per heavy atom. The topological polar surface area (TPSA) is 81.2 Å². The van der Waals surface area contributed by atoms with E-state index in [1.165, 1.54) is 0 Å². The third kappa shape index (κ3) is 4.31. The van der Waals surface area contributed by atoms with Gasteiger partial charge in [-0.1, -0.05) is 78.9 Å². The molecule has 0 N–H and O–H groups in total. The Kier molecular flexibility index (Phi) is 6.56. The lowest BCUT2D eigenvalue weighted by atomic mass is 9.89. The molecule has 0 spiro atoms. The first kappa shape index (κ1) is 28.8. The van der Waals surface area contributed by atoms with E-state index < -0.39 is 0 Å². The van der Waals surface area contributed by atoms with Gasteiger partial charge < -0.3 is 9.13 Å². The van der Waals surface area contributed by atoms with Crippen LogP contribution in [0.2, 0.25) is 0 Å². The van der Waals surface area contributed by atoms with Gasteiger partial charge in [-0.15, -0.1) is 0 Å². The lowest BCUT2D eigenvalue weighted by Gasteiger charge is -2.19. The summed E-state index contributed by atoms with van der Waals surface area (Å²) in [6.45, 7) is 0. The third-order valence-corrected chi connectivity index (χ3v) is 9.64. The number of hydrogen-bond acceptors (Lipinski definition) is 3. The molecule has 0 bridgehead atoms. The van der Waals surface area contributed by atoms with Gasteiger partial charge in [0.25, 0.3) is 0 Å². The molecular weight excluding hydrogens is 611 g/mol.